The lowest BCUT2D eigenvalue weighted by molar-refractivity contribution is -0.384. The van der Waals surface area contributed by atoms with Crippen LogP contribution in [0.25, 0.3) is 0 Å². The average Bonchev–Trinajstić information content (AvgIpc) is 2.67. The Morgan fingerprint density at radius 2 is 1.82 bits per heavy atom. The molecule has 0 unspecified atom stereocenters. The highest BCUT2D eigenvalue weighted by molar-refractivity contribution is 6.03. The van der Waals surface area contributed by atoms with Crippen molar-refractivity contribution in [2.24, 2.45) is 0 Å². The van der Waals surface area contributed by atoms with Gasteiger partial charge in [0.05, 0.1) is 23.6 Å². The zero-order chi connectivity index (χ0) is 20.7. The van der Waals surface area contributed by atoms with E-state index in [4.69, 9.17) is 4.74 Å². The van der Waals surface area contributed by atoms with E-state index in [-0.39, 0.29) is 17.8 Å². The molecule has 0 aliphatic rings. The number of nitrogens with one attached hydrogen (secondary N) is 2. The van der Waals surface area contributed by atoms with E-state index < -0.39 is 16.7 Å². The Labute approximate surface area is 162 Å². The molecule has 9 nitrogen and oxygen atoms in total. The van der Waals surface area contributed by atoms with Crippen LogP contribution in [0.4, 0.5) is 17.1 Å². The van der Waals surface area contributed by atoms with Crippen molar-refractivity contribution in [2.45, 2.75) is 6.92 Å². The summed E-state index contributed by atoms with van der Waals surface area (Å²) in [7, 11) is 3.44. The summed E-state index contributed by atoms with van der Waals surface area (Å²) in [5, 5.41) is 16.1. The van der Waals surface area contributed by atoms with Gasteiger partial charge in [-0.05, 0) is 37.3 Å². The van der Waals surface area contributed by atoms with E-state index in [0.29, 0.717) is 23.7 Å². The number of hydrogen-bond acceptors (Lipinski definition) is 6. The molecule has 0 aliphatic carbocycles. The van der Waals surface area contributed by atoms with Crippen molar-refractivity contribution in [2.75, 3.05) is 37.5 Å². The summed E-state index contributed by atoms with van der Waals surface area (Å²) in [5.41, 5.74) is 0.990. The Morgan fingerprint density at radius 1 is 1.14 bits per heavy atom. The lowest BCUT2D eigenvalue weighted by atomic mass is 10.1. The third kappa shape index (κ3) is 5.44. The van der Waals surface area contributed by atoms with E-state index in [9.17, 15) is 19.7 Å². The molecule has 148 valence electrons. The first-order chi connectivity index (χ1) is 13.3. The normalized spacial score (nSPS) is 10.1. The molecule has 0 saturated carbocycles. The van der Waals surface area contributed by atoms with Crippen LogP contribution in [-0.4, -0.2) is 44.0 Å². The monoisotopic (exact) mass is 386 g/mol. The number of carbonyl (C=O) groups excluding carboxylic acids is 2. The van der Waals surface area contributed by atoms with Crippen LogP contribution in [0.5, 0.6) is 5.75 Å². The predicted molar refractivity (Wildman–Crippen MR) is 106 cm³/mol. The summed E-state index contributed by atoms with van der Waals surface area (Å²) < 4.78 is 5.33. The first-order valence-electron chi connectivity index (χ1n) is 8.58. The van der Waals surface area contributed by atoms with E-state index in [1.807, 2.05) is 6.92 Å². The molecule has 0 spiro atoms. The van der Waals surface area contributed by atoms with E-state index in [0.717, 1.165) is 0 Å². The standard InChI is InChI=1S/C19H22N4O5/c1-4-28-15-8-5-13(6-9-15)21-18(24)12-20-19(25)16-11-14(23(26)27)7-10-17(16)22(2)3/h5-11H,4,12H2,1-3H3,(H,20,25)(H,21,24). The smallest absolute Gasteiger partial charge is 0.270 e. The number of benzene rings is 2. The zero-order valence-corrected chi connectivity index (χ0v) is 15.9. The molecule has 0 atom stereocenters. The number of rotatable bonds is 8. The highest BCUT2D eigenvalue weighted by atomic mass is 16.6. The molecule has 0 saturated heterocycles. The molecule has 0 radical (unpaired) electrons. The van der Waals surface area contributed by atoms with Crippen molar-refractivity contribution in [3.05, 3.63) is 58.1 Å². The van der Waals surface area contributed by atoms with Crippen molar-refractivity contribution in [3.8, 4) is 5.75 Å². The Balaban J connectivity index is 2.01. The Kier molecular flexibility index (Phi) is 6.91. The molecule has 2 N–H and O–H groups in total. The maximum Gasteiger partial charge on any atom is 0.270 e. The number of anilines is 2. The molecular formula is C19H22N4O5. The Hall–Kier alpha value is -3.62. The van der Waals surface area contributed by atoms with Crippen LogP contribution in [0.1, 0.15) is 17.3 Å². The summed E-state index contributed by atoms with van der Waals surface area (Å²) in [6, 6.07) is 10.8. The minimum atomic E-state index is -0.575. The van der Waals surface area contributed by atoms with Crippen LogP contribution >= 0.6 is 0 Å². The van der Waals surface area contributed by atoms with Crippen molar-refractivity contribution < 1.29 is 19.2 Å². The van der Waals surface area contributed by atoms with Crippen molar-refractivity contribution in [3.63, 3.8) is 0 Å². The molecule has 28 heavy (non-hydrogen) atoms. The van der Waals surface area contributed by atoms with Gasteiger partial charge in [-0.2, -0.15) is 0 Å². The number of nitro benzene ring substituents is 1. The van der Waals surface area contributed by atoms with Crippen LogP contribution in [-0.2, 0) is 4.79 Å². The van der Waals surface area contributed by atoms with Gasteiger partial charge in [-0.1, -0.05) is 0 Å². The third-order valence-electron chi connectivity index (χ3n) is 3.78. The molecule has 2 aromatic rings. The van der Waals surface area contributed by atoms with Gasteiger partial charge in [-0.15, -0.1) is 0 Å². The van der Waals surface area contributed by atoms with Crippen LogP contribution in [0, 0.1) is 10.1 Å². The van der Waals surface area contributed by atoms with Gasteiger partial charge in [0.15, 0.2) is 0 Å². The predicted octanol–water partition coefficient (Wildman–Crippen LogP) is 2.43. The molecule has 2 rings (SSSR count). The van der Waals surface area contributed by atoms with Gasteiger partial charge >= 0.3 is 0 Å². The fraction of sp³-hybridized carbons (Fsp3) is 0.263. The summed E-state index contributed by atoms with van der Waals surface area (Å²) in [6.45, 7) is 2.15. The highest BCUT2D eigenvalue weighted by Crippen LogP contribution is 2.24. The number of carbonyl (C=O) groups is 2. The van der Waals surface area contributed by atoms with E-state index >= 15 is 0 Å². The number of nitrogens with zero attached hydrogens (tertiary/aromatic N) is 2. The largest absolute Gasteiger partial charge is 0.494 e. The lowest BCUT2D eigenvalue weighted by Gasteiger charge is -2.17. The molecule has 2 amide bonds. The number of nitro groups is 1. The lowest BCUT2D eigenvalue weighted by Crippen LogP contribution is -2.33. The second-order valence-electron chi connectivity index (χ2n) is 6.04. The fourth-order valence-corrected chi connectivity index (χ4v) is 2.47. The van der Waals surface area contributed by atoms with Crippen molar-refractivity contribution in [1.29, 1.82) is 0 Å². The van der Waals surface area contributed by atoms with E-state index in [1.54, 1.807) is 43.3 Å². The highest BCUT2D eigenvalue weighted by Gasteiger charge is 2.18. The van der Waals surface area contributed by atoms with E-state index in [1.165, 1.54) is 18.2 Å². The molecule has 0 bridgehead atoms. The molecule has 9 heteroatoms. The molecule has 0 heterocycles. The second-order valence-corrected chi connectivity index (χ2v) is 6.04. The summed E-state index contributed by atoms with van der Waals surface area (Å²) >= 11 is 0. The van der Waals surface area contributed by atoms with Gasteiger partial charge in [-0.3, -0.25) is 19.7 Å². The number of hydrogen-bond donors (Lipinski definition) is 2. The van der Waals surface area contributed by atoms with Gasteiger partial charge in [0.25, 0.3) is 11.6 Å². The summed E-state index contributed by atoms with van der Waals surface area (Å²) in [4.78, 5) is 36.6. The quantitative estimate of drug-likeness (QED) is 0.532. The van der Waals surface area contributed by atoms with Crippen LogP contribution in [0.3, 0.4) is 0 Å². The molecule has 0 aromatic heterocycles. The number of non-ortho nitro benzene ring substituents is 1. The molecule has 0 aliphatic heterocycles. The van der Waals surface area contributed by atoms with Crippen LogP contribution in [0.15, 0.2) is 42.5 Å². The van der Waals surface area contributed by atoms with Crippen LogP contribution in [0.2, 0.25) is 0 Å². The van der Waals surface area contributed by atoms with Gasteiger partial charge in [0.2, 0.25) is 5.91 Å². The number of amides is 2. The minimum absolute atomic E-state index is 0.119. The Bertz CT molecular complexity index is 865. The maximum absolute atomic E-state index is 12.5. The van der Waals surface area contributed by atoms with Gasteiger partial charge in [-0.25, -0.2) is 0 Å². The van der Waals surface area contributed by atoms with Gasteiger partial charge in [0, 0.05) is 37.6 Å². The molecular weight excluding hydrogens is 364 g/mol. The molecule has 2 aromatic carbocycles. The van der Waals surface area contributed by atoms with Crippen LogP contribution < -0.4 is 20.3 Å². The van der Waals surface area contributed by atoms with Gasteiger partial charge < -0.3 is 20.3 Å². The maximum atomic E-state index is 12.5. The minimum Gasteiger partial charge on any atom is -0.494 e. The van der Waals surface area contributed by atoms with Crippen molar-refractivity contribution >= 4 is 28.9 Å². The number of ether oxygens (including phenoxy) is 1. The summed E-state index contributed by atoms with van der Waals surface area (Å²) in [5.74, 6) is -0.306. The molecule has 0 fully saturated rings. The Morgan fingerprint density at radius 3 is 2.39 bits per heavy atom. The first kappa shape index (κ1) is 20.7. The first-order valence-corrected chi connectivity index (χ1v) is 8.58. The third-order valence-corrected chi connectivity index (χ3v) is 3.78. The summed E-state index contributed by atoms with van der Waals surface area (Å²) in [6.07, 6.45) is 0. The topological polar surface area (TPSA) is 114 Å². The SMILES string of the molecule is CCOc1ccc(NC(=O)CNC(=O)c2cc([N+](=O)[O-])ccc2N(C)C)cc1. The van der Waals surface area contributed by atoms with Crippen molar-refractivity contribution in [1.82, 2.24) is 5.32 Å². The zero-order valence-electron chi connectivity index (χ0n) is 15.9. The fourth-order valence-electron chi connectivity index (χ4n) is 2.47. The van der Waals surface area contributed by atoms with E-state index in [2.05, 4.69) is 10.6 Å². The second kappa shape index (κ2) is 9.36. The average molecular weight is 386 g/mol. The van der Waals surface area contributed by atoms with Gasteiger partial charge in [0.1, 0.15) is 5.75 Å².